The Morgan fingerprint density at radius 2 is 1.96 bits per heavy atom. The molecule has 0 atom stereocenters. The molecule has 1 saturated heterocycles. The number of rotatable bonds is 2. The van der Waals surface area contributed by atoms with Crippen molar-refractivity contribution < 1.29 is 18.3 Å². The lowest BCUT2D eigenvalue weighted by Gasteiger charge is -2.40. The maximum absolute atomic E-state index is 14.5. The Morgan fingerprint density at radius 3 is 2.59 bits per heavy atom. The minimum absolute atomic E-state index is 0.0503. The molecule has 0 spiro atoms. The van der Waals surface area contributed by atoms with Gasteiger partial charge in [0.25, 0.3) is 5.92 Å². The Kier molecular flexibility index (Phi) is 5.23. The van der Waals surface area contributed by atoms with Gasteiger partial charge in [-0.25, -0.2) is 13.6 Å². The van der Waals surface area contributed by atoms with E-state index in [1.165, 1.54) is 0 Å². The van der Waals surface area contributed by atoms with Crippen LogP contribution in [0.5, 0.6) is 0 Å². The van der Waals surface area contributed by atoms with Gasteiger partial charge < -0.3 is 19.9 Å². The SMILES string of the molecule is CN(C(=O)OC(C)(C)C)C1CCN(c2cccc3c2C(F)(F)CCN3)CC1. The number of anilines is 2. The van der Waals surface area contributed by atoms with E-state index in [4.69, 9.17) is 4.74 Å². The maximum atomic E-state index is 14.5. The third kappa shape index (κ3) is 4.28. The van der Waals surface area contributed by atoms with Gasteiger partial charge in [-0.15, -0.1) is 0 Å². The minimum Gasteiger partial charge on any atom is -0.444 e. The molecule has 1 N–H and O–H groups in total. The molecular weight excluding hydrogens is 352 g/mol. The lowest BCUT2D eigenvalue weighted by molar-refractivity contribution is -0.0118. The van der Waals surface area contributed by atoms with Crippen molar-refractivity contribution in [3.63, 3.8) is 0 Å². The van der Waals surface area contributed by atoms with Gasteiger partial charge in [-0.1, -0.05) is 6.07 Å². The van der Waals surface area contributed by atoms with Crippen LogP contribution in [0.1, 0.15) is 45.6 Å². The molecule has 1 aromatic rings. The summed E-state index contributed by atoms with van der Waals surface area (Å²) in [6, 6.07) is 5.36. The Labute approximate surface area is 159 Å². The van der Waals surface area contributed by atoms with E-state index >= 15 is 0 Å². The van der Waals surface area contributed by atoms with Gasteiger partial charge in [0, 0.05) is 50.5 Å². The lowest BCUT2D eigenvalue weighted by Crippen LogP contribution is -2.47. The number of nitrogens with one attached hydrogen (secondary N) is 1. The first-order chi connectivity index (χ1) is 12.6. The fourth-order valence-electron chi connectivity index (χ4n) is 3.79. The standard InChI is InChI=1S/C20H29F2N3O2/c1-19(2,3)27-18(26)24(4)14-8-12-25(13-9-14)16-7-5-6-15-17(16)20(21,22)10-11-23-15/h5-7,14,23H,8-13H2,1-4H3. The van der Waals surface area contributed by atoms with E-state index in [9.17, 15) is 13.6 Å². The number of fused-ring (bicyclic) bond motifs is 1. The molecule has 2 heterocycles. The predicted octanol–water partition coefficient (Wildman–Crippen LogP) is 4.43. The zero-order valence-corrected chi connectivity index (χ0v) is 16.5. The zero-order valence-electron chi connectivity index (χ0n) is 16.5. The van der Waals surface area contributed by atoms with Crippen molar-refractivity contribution in [3.05, 3.63) is 23.8 Å². The molecule has 3 rings (SSSR count). The van der Waals surface area contributed by atoms with E-state index in [-0.39, 0.29) is 30.7 Å². The first-order valence-electron chi connectivity index (χ1n) is 9.54. The molecule has 7 heteroatoms. The molecule has 1 amide bonds. The monoisotopic (exact) mass is 381 g/mol. The fourth-order valence-corrected chi connectivity index (χ4v) is 3.79. The van der Waals surface area contributed by atoms with Crippen LogP contribution in [0.2, 0.25) is 0 Å². The zero-order chi connectivity index (χ0) is 19.8. The van der Waals surface area contributed by atoms with Gasteiger partial charge in [0.15, 0.2) is 0 Å². The molecule has 1 fully saturated rings. The Morgan fingerprint density at radius 1 is 1.30 bits per heavy atom. The number of hydrogen-bond acceptors (Lipinski definition) is 4. The molecule has 1 aromatic carbocycles. The highest BCUT2D eigenvalue weighted by atomic mass is 19.3. The summed E-state index contributed by atoms with van der Waals surface area (Å²) in [5.41, 5.74) is 0.697. The maximum Gasteiger partial charge on any atom is 0.410 e. The van der Waals surface area contributed by atoms with E-state index in [0.717, 1.165) is 12.8 Å². The number of alkyl halides is 2. The number of piperidine rings is 1. The van der Waals surface area contributed by atoms with Crippen LogP contribution in [-0.4, -0.2) is 49.3 Å². The Bertz CT molecular complexity index is 695. The van der Waals surface area contributed by atoms with E-state index < -0.39 is 11.5 Å². The Hall–Kier alpha value is -2.05. The van der Waals surface area contributed by atoms with Gasteiger partial charge in [-0.3, -0.25) is 0 Å². The smallest absolute Gasteiger partial charge is 0.410 e. The number of carbonyl (C=O) groups is 1. The molecule has 0 saturated carbocycles. The normalized spacial score (nSPS) is 19.9. The molecule has 0 radical (unpaired) electrons. The highest BCUT2D eigenvalue weighted by molar-refractivity contribution is 5.70. The number of amides is 1. The second-order valence-corrected chi connectivity index (χ2v) is 8.39. The van der Waals surface area contributed by atoms with E-state index in [1.807, 2.05) is 31.7 Å². The van der Waals surface area contributed by atoms with Gasteiger partial charge in [0.05, 0.1) is 5.56 Å². The van der Waals surface area contributed by atoms with Crippen LogP contribution in [0.4, 0.5) is 25.0 Å². The van der Waals surface area contributed by atoms with Crippen LogP contribution in [0.25, 0.3) is 0 Å². The number of benzene rings is 1. The van der Waals surface area contributed by atoms with Crippen molar-refractivity contribution in [2.24, 2.45) is 0 Å². The van der Waals surface area contributed by atoms with E-state index in [0.29, 0.717) is 24.5 Å². The molecule has 0 unspecified atom stereocenters. The molecule has 0 bridgehead atoms. The highest BCUT2D eigenvalue weighted by Crippen LogP contribution is 2.45. The van der Waals surface area contributed by atoms with Crippen molar-refractivity contribution in [3.8, 4) is 0 Å². The van der Waals surface area contributed by atoms with E-state index in [1.54, 1.807) is 24.1 Å². The summed E-state index contributed by atoms with van der Waals surface area (Å²) in [4.78, 5) is 15.9. The number of hydrogen-bond donors (Lipinski definition) is 1. The largest absolute Gasteiger partial charge is 0.444 e. The summed E-state index contributed by atoms with van der Waals surface area (Å²) in [6.45, 7) is 7.07. The molecule has 150 valence electrons. The summed E-state index contributed by atoms with van der Waals surface area (Å²) in [5.74, 6) is -2.82. The topological polar surface area (TPSA) is 44.8 Å². The summed E-state index contributed by atoms with van der Waals surface area (Å²) < 4.78 is 34.5. The van der Waals surface area contributed by atoms with E-state index in [2.05, 4.69) is 5.32 Å². The van der Waals surface area contributed by atoms with Crippen LogP contribution in [0.15, 0.2) is 18.2 Å². The molecule has 2 aliphatic rings. The number of halogens is 2. The highest BCUT2D eigenvalue weighted by Gasteiger charge is 2.40. The third-order valence-electron chi connectivity index (χ3n) is 5.20. The van der Waals surface area contributed by atoms with Crippen molar-refractivity contribution in [1.82, 2.24) is 4.90 Å². The van der Waals surface area contributed by atoms with Crippen molar-refractivity contribution in [2.45, 2.75) is 57.6 Å². The second-order valence-electron chi connectivity index (χ2n) is 8.39. The van der Waals surface area contributed by atoms with Gasteiger partial charge >= 0.3 is 6.09 Å². The number of ether oxygens (including phenoxy) is 1. The third-order valence-corrected chi connectivity index (χ3v) is 5.20. The van der Waals surface area contributed by atoms with Gasteiger partial charge in [0.2, 0.25) is 0 Å². The van der Waals surface area contributed by atoms with Gasteiger partial charge in [-0.05, 0) is 45.7 Å². The average molecular weight is 381 g/mol. The second kappa shape index (κ2) is 7.17. The lowest BCUT2D eigenvalue weighted by atomic mass is 9.95. The summed E-state index contributed by atoms with van der Waals surface area (Å²) >= 11 is 0. The number of nitrogens with zero attached hydrogens (tertiary/aromatic N) is 2. The summed E-state index contributed by atoms with van der Waals surface area (Å²) in [7, 11) is 1.75. The fraction of sp³-hybridized carbons (Fsp3) is 0.650. The Balaban J connectivity index is 1.69. The van der Waals surface area contributed by atoms with Crippen LogP contribution < -0.4 is 10.2 Å². The molecule has 2 aliphatic heterocycles. The van der Waals surface area contributed by atoms with Crippen LogP contribution in [-0.2, 0) is 10.7 Å². The van der Waals surface area contributed by atoms with Crippen LogP contribution in [0.3, 0.4) is 0 Å². The molecule has 0 aromatic heterocycles. The van der Waals surface area contributed by atoms with Gasteiger partial charge in [-0.2, -0.15) is 0 Å². The van der Waals surface area contributed by atoms with Gasteiger partial charge in [0.1, 0.15) is 5.60 Å². The molecule has 5 nitrogen and oxygen atoms in total. The molecule has 0 aliphatic carbocycles. The molecular formula is C20H29F2N3O2. The first kappa shape index (κ1) is 19.7. The summed E-state index contributed by atoms with van der Waals surface area (Å²) in [5, 5.41) is 3.09. The molecule has 27 heavy (non-hydrogen) atoms. The first-order valence-corrected chi connectivity index (χ1v) is 9.54. The number of carbonyl (C=O) groups excluding carboxylic acids is 1. The van der Waals surface area contributed by atoms with Crippen LogP contribution in [0, 0.1) is 0 Å². The van der Waals surface area contributed by atoms with Crippen LogP contribution >= 0.6 is 0 Å². The predicted molar refractivity (Wildman–Crippen MR) is 103 cm³/mol. The van der Waals surface area contributed by atoms with Crippen molar-refractivity contribution in [1.29, 1.82) is 0 Å². The average Bonchev–Trinajstić information content (AvgIpc) is 2.59. The quantitative estimate of drug-likeness (QED) is 0.823. The summed E-state index contributed by atoms with van der Waals surface area (Å²) in [6.07, 6.45) is 0.917. The van der Waals surface area contributed by atoms with Crippen molar-refractivity contribution in [2.75, 3.05) is 36.9 Å². The minimum atomic E-state index is -2.82. The van der Waals surface area contributed by atoms with Crippen molar-refractivity contribution >= 4 is 17.5 Å².